The number of pyridine rings is 1. The molecule has 0 aliphatic rings. The fourth-order valence-electron chi connectivity index (χ4n) is 2.47. The number of rotatable bonds is 6. The van der Waals surface area contributed by atoms with Crippen LogP contribution in [0, 0.1) is 6.92 Å². The van der Waals surface area contributed by atoms with Gasteiger partial charge in [0.15, 0.2) is 0 Å². The molecule has 0 spiro atoms. The fraction of sp³-hybridized carbons (Fsp3) is 0.353. The molecule has 0 fully saturated rings. The zero-order valence-corrected chi connectivity index (χ0v) is 14.1. The summed E-state index contributed by atoms with van der Waals surface area (Å²) in [6, 6.07) is 9.08. The van der Waals surface area contributed by atoms with Crippen LogP contribution in [-0.4, -0.2) is 11.5 Å². The van der Waals surface area contributed by atoms with Crippen LogP contribution < -0.4 is 5.32 Å². The highest BCUT2D eigenvalue weighted by Crippen LogP contribution is 2.34. The number of fused-ring (bicyclic) bond motifs is 1. The molecule has 0 aromatic carbocycles. The summed E-state index contributed by atoms with van der Waals surface area (Å²) in [7, 11) is 0. The molecule has 1 unspecified atom stereocenters. The summed E-state index contributed by atoms with van der Waals surface area (Å²) in [6.45, 7) is 5.40. The van der Waals surface area contributed by atoms with Crippen molar-refractivity contribution in [3.05, 3.63) is 52.0 Å². The molecule has 0 bridgehead atoms. The van der Waals surface area contributed by atoms with Crippen LogP contribution in [0.4, 0.5) is 0 Å². The molecule has 3 rings (SSSR count). The van der Waals surface area contributed by atoms with Gasteiger partial charge in [-0.3, -0.25) is 4.98 Å². The summed E-state index contributed by atoms with van der Waals surface area (Å²) in [5.74, 6) is 0. The molecule has 1 N–H and O–H groups in total. The third-order valence-corrected chi connectivity index (χ3v) is 5.86. The van der Waals surface area contributed by atoms with Gasteiger partial charge in [0.1, 0.15) is 0 Å². The maximum Gasteiger partial charge on any atom is 0.0471 e. The molecule has 0 radical (unpaired) electrons. The number of hydrogen-bond donors (Lipinski definition) is 1. The SMILES string of the molecule is CCCNC(Cc1ncccc1C)c1cc2sccc2s1. The Morgan fingerprint density at radius 1 is 1.29 bits per heavy atom. The molecule has 2 nitrogen and oxygen atoms in total. The van der Waals surface area contributed by atoms with Crippen LogP contribution in [0.5, 0.6) is 0 Å². The molecule has 3 aromatic rings. The summed E-state index contributed by atoms with van der Waals surface area (Å²) in [4.78, 5) is 5.99. The highest BCUT2D eigenvalue weighted by atomic mass is 32.1. The van der Waals surface area contributed by atoms with E-state index in [1.54, 1.807) is 0 Å². The Kier molecular flexibility index (Phi) is 4.68. The quantitative estimate of drug-likeness (QED) is 0.696. The molecule has 3 heterocycles. The van der Waals surface area contributed by atoms with Gasteiger partial charge in [-0.05, 0) is 49.0 Å². The molecule has 4 heteroatoms. The van der Waals surface area contributed by atoms with Crippen LogP contribution >= 0.6 is 22.7 Å². The van der Waals surface area contributed by atoms with E-state index < -0.39 is 0 Å². The van der Waals surface area contributed by atoms with E-state index in [1.807, 2.05) is 34.9 Å². The van der Waals surface area contributed by atoms with E-state index in [2.05, 4.69) is 47.7 Å². The van der Waals surface area contributed by atoms with Gasteiger partial charge in [0, 0.05) is 38.6 Å². The summed E-state index contributed by atoms with van der Waals surface area (Å²) in [5, 5.41) is 5.86. The Balaban J connectivity index is 1.86. The summed E-state index contributed by atoms with van der Waals surface area (Å²) in [6.07, 6.45) is 4.00. The van der Waals surface area contributed by atoms with Gasteiger partial charge in [0.25, 0.3) is 0 Å². The number of nitrogens with one attached hydrogen (secondary N) is 1. The standard InChI is InChI=1S/C17H20N2S2/c1-3-7-18-14(10-13-12(2)5-4-8-19-13)16-11-17-15(21-16)6-9-20-17/h4-6,8-9,11,14,18H,3,7,10H2,1-2H3. The van der Waals surface area contributed by atoms with Gasteiger partial charge in [-0.25, -0.2) is 0 Å². The van der Waals surface area contributed by atoms with E-state index in [4.69, 9.17) is 0 Å². The number of nitrogens with zero attached hydrogens (tertiary/aromatic N) is 1. The molecule has 0 aliphatic carbocycles. The van der Waals surface area contributed by atoms with Crippen molar-refractivity contribution in [1.29, 1.82) is 0 Å². The Morgan fingerprint density at radius 3 is 2.95 bits per heavy atom. The van der Waals surface area contributed by atoms with Crippen molar-refractivity contribution >= 4 is 32.1 Å². The molecule has 3 aromatic heterocycles. The predicted octanol–water partition coefficient (Wildman–Crippen LogP) is 4.95. The third kappa shape index (κ3) is 3.34. The largest absolute Gasteiger partial charge is 0.309 e. The second-order valence-electron chi connectivity index (χ2n) is 5.28. The Bertz CT molecular complexity index is 686. The third-order valence-electron chi connectivity index (χ3n) is 3.66. The first-order chi connectivity index (χ1) is 10.3. The molecule has 0 aliphatic heterocycles. The fourth-order valence-corrected chi connectivity index (χ4v) is 4.67. The van der Waals surface area contributed by atoms with Gasteiger partial charge in [-0.1, -0.05) is 13.0 Å². The summed E-state index contributed by atoms with van der Waals surface area (Å²) < 4.78 is 2.80. The van der Waals surface area contributed by atoms with Gasteiger partial charge in [-0.2, -0.15) is 0 Å². The molecule has 0 amide bonds. The van der Waals surface area contributed by atoms with Crippen molar-refractivity contribution in [2.45, 2.75) is 32.7 Å². The van der Waals surface area contributed by atoms with E-state index in [9.17, 15) is 0 Å². The first kappa shape index (κ1) is 14.7. The van der Waals surface area contributed by atoms with Crippen LogP contribution in [0.3, 0.4) is 0 Å². The van der Waals surface area contributed by atoms with Crippen LogP contribution in [0.2, 0.25) is 0 Å². The van der Waals surface area contributed by atoms with Crippen molar-refractivity contribution < 1.29 is 0 Å². The van der Waals surface area contributed by atoms with Crippen molar-refractivity contribution in [1.82, 2.24) is 10.3 Å². The maximum absolute atomic E-state index is 4.56. The minimum atomic E-state index is 0.364. The highest BCUT2D eigenvalue weighted by Gasteiger charge is 2.16. The second kappa shape index (κ2) is 6.69. The van der Waals surface area contributed by atoms with E-state index in [0.29, 0.717) is 6.04 Å². The van der Waals surface area contributed by atoms with Gasteiger partial charge >= 0.3 is 0 Å². The van der Waals surface area contributed by atoms with Crippen LogP contribution in [0.25, 0.3) is 9.40 Å². The van der Waals surface area contributed by atoms with Gasteiger partial charge in [0.05, 0.1) is 0 Å². The Labute approximate surface area is 133 Å². The van der Waals surface area contributed by atoms with Gasteiger partial charge < -0.3 is 5.32 Å². The molecular weight excluding hydrogens is 296 g/mol. The lowest BCUT2D eigenvalue weighted by molar-refractivity contribution is 0.531. The minimum absolute atomic E-state index is 0.364. The van der Waals surface area contributed by atoms with E-state index in [1.165, 1.54) is 25.5 Å². The average molecular weight is 316 g/mol. The van der Waals surface area contributed by atoms with Crippen LogP contribution in [0.1, 0.15) is 35.5 Å². The Hall–Kier alpha value is -1.23. The predicted molar refractivity (Wildman–Crippen MR) is 93.4 cm³/mol. The van der Waals surface area contributed by atoms with Gasteiger partial charge in [-0.15, -0.1) is 22.7 Å². The van der Waals surface area contributed by atoms with Crippen molar-refractivity contribution in [2.75, 3.05) is 6.54 Å². The zero-order chi connectivity index (χ0) is 14.7. The lowest BCUT2D eigenvalue weighted by Crippen LogP contribution is -2.24. The number of hydrogen-bond acceptors (Lipinski definition) is 4. The van der Waals surface area contributed by atoms with E-state index >= 15 is 0 Å². The first-order valence-corrected chi connectivity index (χ1v) is 9.08. The van der Waals surface area contributed by atoms with Crippen LogP contribution in [0.15, 0.2) is 35.8 Å². The summed E-state index contributed by atoms with van der Waals surface area (Å²) in [5.41, 5.74) is 2.47. The highest BCUT2D eigenvalue weighted by molar-refractivity contribution is 7.26. The lowest BCUT2D eigenvalue weighted by atomic mass is 10.1. The molecule has 0 saturated heterocycles. The number of aryl methyl sites for hydroxylation is 1. The number of thiophene rings is 2. The second-order valence-corrected chi connectivity index (χ2v) is 7.34. The topological polar surface area (TPSA) is 24.9 Å². The smallest absolute Gasteiger partial charge is 0.0471 e. The monoisotopic (exact) mass is 316 g/mol. The normalized spacial score (nSPS) is 12.9. The van der Waals surface area contributed by atoms with Crippen LogP contribution in [-0.2, 0) is 6.42 Å². The van der Waals surface area contributed by atoms with Crippen molar-refractivity contribution in [2.24, 2.45) is 0 Å². The molecule has 0 saturated carbocycles. The van der Waals surface area contributed by atoms with E-state index in [-0.39, 0.29) is 0 Å². The zero-order valence-electron chi connectivity index (χ0n) is 12.4. The first-order valence-electron chi connectivity index (χ1n) is 7.38. The molecular formula is C17H20N2S2. The maximum atomic E-state index is 4.56. The lowest BCUT2D eigenvalue weighted by Gasteiger charge is -2.17. The molecule has 21 heavy (non-hydrogen) atoms. The Morgan fingerprint density at radius 2 is 2.19 bits per heavy atom. The molecule has 110 valence electrons. The summed E-state index contributed by atoms with van der Waals surface area (Å²) >= 11 is 3.73. The average Bonchev–Trinajstić information content (AvgIpc) is 3.06. The number of aromatic nitrogens is 1. The van der Waals surface area contributed by atoms with E-state index in [0.717, 1.165) is 19.4 Å². The van der Waals surface area contributed by atoms with Crippen molar-refractivity contribution in [3.8, 4) is 0 Å². The van der Waals surface area contributed by atoms with Gasteiger partial charge in [0.2, 0.25) is 0 Å². The van der Waals surface area contributed by atoms with Crippen molar-refractivity contribution in [3.63, 3.8) is 0 Å². The molecule has 1 atom stereocenters. The minimum Gasteiger partial charge on any atom is -0.309 e.